The lowest BCUT2D eigenvalue weighted by atomic mass is 10.1. The fourth-order valence-electron chi connectivity index (χ4n) is 1.30. The summed E-state index contributed by atoms with van der Waals surface area (Å²) >= 11 is 11.9. The summed E-state index contributed by atoms with van der Waals surface area (Å²) in [5.74, 6) is 0. The molecule has 4 heteroatoms. The second-order valence-electron chi connectivity index (χ2n) is 3.25. The number of nitrogens with one attached hydrogen (secondary N) is 1. The molecular weight excluding hydrogens is 231 g/mol. The third kappa shape index (κ3) is 3.71. The van der Waals surface area contributed by atoms with Gasteiger partial charge >= 0.3 is 0 Å². The Hall–Kier alpha value is -0.750. The van der Waals surface area contributed by atoms with E-state index in [-0.39, 0.29) is 6.04 Å². The summed E-state index contributed by atoms with van der Waals surface area (Å²) in [6.07, 6.45) is 0.489. The van der Waals surface area contributed by atoms with Crippen LogP contribution in [0.3, 0.4) is 0 Å². The van der Waals surface area contributed by atoms with E-state index in [0.717, 1.165) is 5.56 Å². The molecule has 1 N–H and O–H groups in total. The zero-order chi connectivity index (χ0) is 11.3. The Balaban J connectivity index is 2.69. The topological polar surface area (TPSA) is 35.8 Å². The maximum Gasteiger partial charge on any atom is 0.0635 e. The minimum absolute atomic E-state index is 0.101. The normalized spacial score (nSPS) is 12.1. The first kappa shape index (κ1) is 12.3. The molecule has 0 spiro atoms. The highest BCUT2D eigenvalue weighted by Crippen LogP contribution is 2.25. The predicted octanol–water partition coefficient (Wildman–Crippen LogP) is 3.56. The molecule has 0 aromatic heterocycles. The van der Waals surface area contributed by atoms with Gasteiger partial charge < -0.3 is 5.32 Å². The summed E-state index contributed by atoms with van der Waals surface area (Å²) in [6, 6.07) is 7.56. The lowest BCUT2D eigenvalue weighted by Gasteiger charge is -2.14. The van der Waals surface area contributed by atoms with Crippen LogP contribution in [0.4, 0.5) is 0 Å². The van der Waals surface area contributed by atoms with Crippen molar-refractivity contribution in [1.29, 1.82) is 5.26 Å². The minimum atomic E-state index is 0.101. The third-order valence-corrected chi connectivity index (χ3v) is 2.69. The van der Waals surface area contributed by atoms with Crippen LogP contribution in [-0.4, -0.2) is 6.54 Å². The highest BCUT2D eigenvalue weighted by Gasteiger charge is 2.09. The Kier molecular flexibility index (Phi) is 4.90. The van der Waals surface area contributed by atoms with Crippen molar-refractivity contribution in [2.75, 3.05) is 6.54 Å². The van der Waals surface area contributed by atoms with Crippen molar-refractivity contribution in [3.05, 3.63) is 33.8 Å². The van der Waals surface area contributed by atoms with Gasteiger partial charge in [-0.2, -0.15) is 5.26 Å². The summed E-state index contributed by atoms with van der Waals surface area (Å²) in [4.78, 5) is 0. The van der Waals surface area contributed by atoms with Crippen molar-refractivity contribution in [1.82, 2.24) is 5.32 Å². The average Bonchev–Trinajstić information content (AvgIpc) is 2.22. The fraction of sp³-hybridized carbons (Fsp3) is 0.364. The van der Waals surface area contributed by atoms with Crippen LogP contribution in [0.15, 0.2) is 18.2 Å². The monoisotopic (exact) mass is 242 g/mol. The maximum absolute atomic E-state index is 8.41. The van der Waals surface area contributed by atoms with E-state index in [1.54, 1.807) is 12.1 Å². The van der Waals surface area contributed by atoms with Crippen LogP contribution in [0.2, 0.25) is 10.0 Å². The second kappa shape index (κ2) is 5.97. The molecule has 0 amide bonds. The van der Waals surface area contributed by atoms with Crippen LogP contribution in [0.1, 0.15) is 24.9 Å². The molecule has 1 atom stereocenters. The lowest BCUT2D eigenvalue weighted by Crippen LogP contribution is -2.19. The summed E-state index contributed by atoms with van der Waals surface area (Å²) < 4.78 is 0. The van der Waals surface area contributed by atoms with E-state index in [9.17, 15) is 0 Å². The van der Waals surface area contributed by atoms with Crippen LogP contribution >= 0.6 is 23.2 Å². The second-order valence-corrected chi connectivity index (χ2v) is 4.09. The Labute approximate surface area is 99.8 Å². The van der Waals surface area contributed by atoms with Gasteiger partial charge in [0.1, 0.15) is 0 Å². The van der Waals surface area contributed by atoms with E-state index in [1.807, 2.05) is 13.0 Å². The molecule has 0 saturated heterocycles. The average molecular weight is 243 g/mol. The molecule has 1 unspecified atom stereocenters. The minimum Gasteiger partial charge on any atom is -0.309 e. The van der Waals surface area contributed by atoms with Gasteiger partial charge in [0.2, 0.25) is 0 Å². The van der Waals surface area contributed by atoms with E-state index in [1.165, 1.54) is 0 Å². The standard InChI is InChI=1S/C11H12Cl2N2/c1-8(15-6-2-5-14)10-7-9(12)3-4-11(10)13/h3-4,7-8,15H,2,6H2,1H3. The molecular formula is C11H12Cl2N2. The van der Waals surface area contributed by atoms with Gasteiger partial charge in [-0.3, -0.25) is 0 Å². The molecule has 0 aliphatic rings. The SMILES string of the molecule is CC(NCCC#N)c1cc(Cl)ccc1Cl. The number of benzene rings is 1. The predicted molar refractivity (Wildman–Crippen MR) is 63.1 cm³/mol. The van der Waals surface area contributed by atoms with E-state index in [4.69, 9.17) is 28.5 Å². The number of halogens is 2. The molecule has 15 heavy (non-hydrogen) atoms. The molecule has 80 valence electrons. The Morgan fingerprint density at radius 2 is 2.20 bits per heavy atom. The quantitative estimate of drug-likeness (QED) is 0.820. The molecule has 1 rings (SSSR count). The van der Waals surface area contributed by atoms with Gasteiger partial charge in [0.05, 0.1) is 6.07 Å². The van der Waals surface area contributed by atoms with Gasteiger partial charge in [0, 0.05) is 29.1 Å². The van der Waals surface area contributed by atoms with Gasteiger partial charge in [-0.05, 0) is 30.7 Å². The molecule has 0 aliphatic carbocycles. The molecule has 0 radical (unpaired) electrons. The first-order valence-corrected chi connectivity index (χ1v) is 5.46. The lowest BCUT2D eigenvalue weighted by molar-refractivity contribution is 0.583. The van der Waals surface area contributed by atoms with E-state index >= 15 is 0 Å². The summed E-state index contributed by atoms with van der Waals surface area (Å²) in [5, 5.41) is 13.0. The van der Waals surface area contributed by atoms with E-state index in [0.29, 0.717) is 23.0 Å². The van der Waals surface area contributed by atoms with Gasteiger partial charge in [0.15, 0.2) is 0 Å². The summed E-state index contributed by atoms with van der Waals surface area (Å²) in [7, 11) is 0. The smallest absolute Gasteiger partial charge is 0.0635 e. The van der Waals surface area contributed by atoms with Crippen molar-refractivity contribution in [2.24, 2.45) is 0 Å². The van der Waals surface area contributed by atoms with Crippen LogP contribution < -0.4 is 5.32 Å². The van der Waals surface area contributed by atoms with Crippen molar-refractivity contribution < 1.29 is 0 Å². The molecule has 0 fully saturated rings. The van der Waals surface area contributed by atoms with E-state index < -0.39 is 0 Å². The Bertz CT molecular complexity index is 371. The highest BCUT2D eigenvalue weighted by atomic mass is 35.5. The number of hydrogen-bond acceptors (Lipinski definition) is 2. The van der Waals surface area contributed by atoms with Gasteiger partial charge in [-0.1, -0.05) is 23.2 Å². The maximum atomic E-state index is 8.41. The van der Waals surface area contributed by atoms with Crippen molar-refractivity contribution in [2.45, 2.75) is 19.4 Å². The first-order valence-electron chi connectivity index (χ1n) is 4.70. The third-order valence-electron chi connectivity index (χ3n) is 2.11. The zero-order valence-electron chi connectivity index (χ0n) is 8.43. The Morgan fingerprint density at radius 1 is 1.47 bits per heavy atom. The Morgan fingerprint density at radius 3 is 2.87 bits per heavy atom. The van der Waals surface area contributed by atoms with Crippen LogP contribution in [0.5, 0.6) is 0 Å². The fourth-order valence-corrected chi connectivity index (χ4v) is 1.76. The molecule has 2 nitrogen and oxygen atoms in total. The number of rotatable bonds is 4. The van der Waals surface area contributed by atoms with Gasteiger partial charge in [-0.25, -0.2) is 0 Å². The van der Waals surface area contributed by atoms with Crippen molar-refractivity contribution in [3.8, 4) is 6.07 Å². The largest absolute Gasteiger partial charge is 0.309 e. The summed E-state index contributed by atoms with van der Waals surface area (Å²) in [6.45, 7) is 2.65. The number of nitrogens with zero attached hydrogens (tertiary/aromatic N) is 1. The van der Waals surface area contributed by atoms with Crippen LogP contribution in [-0.2, 0) is 0 Å². The number of hydrogen-bond donors (Lipinski definition) is 1. The van der Waals surface area contributed by atoms with Crippen molar-refractivity contribution >= 4 is 23.2 Å². The molecule has 1 aromatic carbocycles. The molecule has 1 aromatic rings. The molecule has 0 saturated carbocycles. The highest BCUT2D eigenvalue weighted by molar-refractivity contribution is 6.33. The molecule has 0 heterocycles. The van der Waals surface area contributed by atoms with E-state index in [2.05, 4.69) is 11.4 Å². The number of nitriles is 1. The summed E-state index contributed by atoms with van der Waals surface area (Å²) in [5.41, 5.74) is 0.960. The van der Waals surface area contributed by atoms with Gasteiger partial charge in [-0.15, -0.1) is 0 Å². The molecule has 0 bridgehead atoms. The first-order chi connectivity index (χ1) is 7.15. The van der Waals surface area contributed by atoms with Crippen LogP contribution in [0.25, 0.3) is 0 Å². The van der Waals surface area contributed by atoms with Crippen LogP contribution in [0, 0.1) is 11.3 Å². The molecule has 0 aliphatic heterocycles. The van der Waals surface area contributed by atoms with Crippen molar-refractivity contribution in [3.63, 3.8) is 0 Å². The zero-order valence-corrected chi connectivity index (χ0v) is 9.94. The van der Waals surface area contributed by atoms with Gasteiger partial charge in [0.25, 0.3) is 0 Å².